The van der Waals surface area contributed by atoms with Crippen LogP contribution in [0.25, 0.3) is 10.2 Å². The first kappa shape index (κ1) is 16.4. The maximum atomic E-state index is 4.68. The minimum atomic E-state index is 0.480. The molecule has 4 aromatic heterocycles. The lowest BCUT2D eigenvalue weighted by Crippen LogP contribution is -2.34. The zero-order valence-corrected chi connectivity index (χ0v) is 15.7. The lowest BCUT2D eigenvalue weighted by Gasteiger charge is -2.32. The number of rotatable bonds is 4. The number of hydrogen-bond acceptors (Lipinski definition) is 6. The summed E-state index contributed by atoms with van der Waals surface area (Å²) in [5.74, 6) is 2.74. The van der Waals surface area contributed by atoms with Crippen molar-refractivity contribution in [2.75, 3.05) is 18.0 Å². The molecule has 6 nitrogen and oxygen atoms in total. The summed E-state index contributed by atoms with van der Waals surface area (Å²) in [5, 5.41) is 2.09. The molecule has 7 heteroatoms. The number of piperidine rings is 1. The molecule has 1 aliphatic rings. The molecule has 0 radical (unpaired) electrons. The second-order valence-corrected chi connectivity index (χ2v) is 7.78. The quantitative estimate of drug-likeness (QED) is 0.543. The van der Waals surface area contributed by atoms with E-state index in [0.29, 0.717) is 5.92 Å². The summed E-state index contributed by atoms with van der Waals surface area (Å²) in [5.41, 5.74) is 2.24. The molecule has 5 heterocycles. The van der Waals surface area contributed by atoms with Gasteiger partial charge in [0, 0.05) is 43.8 Å². The minimum Gasteiger partial charge on any atom is -0.355 e. The molecule has 0 amide bonds. The smallest absolute Gasteiger partial charge is 0.150 e. The Kier molecular flexibility index (Phi) is 4.29. The predicted octanol–water partition coefficient (Wildman–Crippen LogP) is 3.72. The Hall–Kier alpha value is -2.80. The van der Waals surface area contributed by atoms with Crippen molar-refractivity contribution in [2.45, 2.75) is 25.3 Å². The van der Waals surface area contributed by atoms with Gasteiger partial charge < -0.3 is 9.47 Å². The van der Waals surface area contributed by atoms with Gasteiger partial charge in [-0.25, -0.2) is 15.0 Å². The molecule has 5 rings (SSSR count). The number of hydrogen-bond donors (Lipinski definition) is 0. The molecule has 1 fully saturated rings. The summed E-state index contributed by atoms with van der Waals surface area (Å²) in [7, 11) is 0. The summed E-state index contributed by atoms with van der Waals surface area (Å²) in [6, 6.07) is 6.16. The van der Waals surface area contributed by atoms with Crippen LogP contribution in [0.1, 0.15) is 30.1 Å². The van der Waals surface area contributed by atoms with E-state index in [9.17, 15) is 0 Å². The highest BCUT2D eigenvalue weighted by Gasteiger charge is 2.25. The molecule has 0 unspecified atom stereocenters. The van der Waals surface area contributed by atoms with Gasteiger partial charge in [0.2, 0.25) is 0 Å². The van der Waals surface area contributed by atoms with Crippen LogP contribution in [0.3, 0.4) is 0 Å². The Bertz CT molecular complexity index is 1030. The third kappa shape index (κ3) is 3.19. The number of pyridine rings is 1. The van der Waals surface area contributed by atoms with Crippen LogP contribution in [0.5, 0.6) is 0 Å². The van der Waals surface area contributed by atoms with Crippen molar-refractivity contribution in [3.63, 3.8) is 0 Å². The molecule has 1 saturated heterocycles. The van der Waals surface area contributed by atoms with Gasteiger partial charge in [0.1, 0.15) is 18.0 Å². The molecule has 0 N–H and O–H groups in total. The minimum absolute atomic E-state index is 0.480. The second kappa shape index (κ2) is 7.08. The lowest BCUT2D eigenvalue weighted by molar-refractivity contribution is 0.469. The number of anilines is 1. The molecule has 1 aliphatic heterocycles. The van der Waals surface area contributed by atoms with Crippen molar-refractivity contribution in [1.82, 2.24) is 24.5 Å². The molecule has 0 saturated carbocycles. The normalized spacial score (nSPS) is 15.5. The van der Waals surface area contributed by atoms with E-state index in [1.807, 2.05) is 24.7 Å². The van der Waals surface area contributed by atoms with Crippen molar-refractivity contribution in [1.29, 1.82) is 0 Å². The van der Waals surface area contributed by atoms with Crippen molar-refractivity contribution < 1.29 is 0 Å². The van der Waals surface area contributed by atoms with Crippen LogP contribution in [0.15, 0.2) is 54.7 Å². The van der Waals surface area contributed by atoms with Crippen LogP contribution < -0.4 is 4.90 Å². The van der Waals surface area contributed by atoms with Gasteiger partial charge in [-0.15, -0.1) is 11.3 Å². The van der Waals surface area contributed by atoms with E-state index in [-0.39, 0.29) is 0 Å². The van der Waals surface area contributed by atoms with Gasteiger partial charge in [-0.05, 0) is 35.9 Å². The molecule has 0 atom stereocenters. The number of thiophene rings is 1. The van der Waals surface area contributed by atoms with E-state index in [2.05, 4.69) is 53.1 Å². The Labute approximate surface area is 161 Å². The Morgan fingerprint density at radius 3 is 2.85 bits per heavy atom. The monoisotopic (exact) mass is 376 g/mol. The molecular formula is C20H20N6S. The zero-order chi connectivity index (χ0) is 18.1. The van der Waals surface area contributed by atoms with Gasteiger partial charge in [0.25, 0.3) is 0 Å². The highest BCUT2D eigenvalue weighted by Crippen LogP contribution is 2.33. The van der Waals surface area contributed by atoms with E-state index >= 15 is 0 Å². The zero-order valence-electron chi connectivity index (χ0n) is 14.9. The Morgan fingerprint density at radius 2 is 2.00 bits per heavy atom. The van der Waals surface area contributed by atoms with E-state index in [1.165, 1.54) is 16.1 Å². The molecule has 0 aliphatic carbocycles. The van der Waals surface area contributed by atoms with Crippen molar-refractivity contribution >= 4 is 27.4 Å². The number of fused-ring (bicyclic) bond motifs is 1. The fourth-order valence-electron chi connectivity index (χ4n) is 3.85. The van der Waals surface area contributed by atoms with Crippen LogP contribution in [-0.2, 0) is 6.54 Å². The lowest BCUT2D eigenvalue weighted by atomic mass is 9.95. The van der Waals surface area contributed by atoms with Crippen LogP contribution >= 0.6 is 11.3 Å². The summed E-state index contributed by atoms with van der Waals surface area (Å²) in [6.45, 7) is 2.81. The first-order chi connectivity index (χ1) is 13.4. The number of nitrogens with zero attached hydrogens (tertiary/aromatic N) is 6. The summed E-state index contributed by atoms with van der Waals surface area (Å²) in [4.78, 5) is 20.2. The topological polar surface area (TPSA) is 59.7 Å². The Balaban J connectivity index is 1.31. The molecule has 27 heavy (non-hydrogen) atoms. The van der Waals surface area contributed by atoms with Gasteiger partial charge in [0.15, 0.2) is 0 Å². The van der Waals surface area contributed by atoms with Gasteiger partial charge in [-0.1, -0.05) is 6.07 Å². The third-order valence-corrected chi connectivity index (χ3v) is 6.11. The number of aromatic nitrogens is 5. The van der Waals surface area contributed by atoms with Crippen molar-refractivity contribution in [3.8, 4) is 0 Å². The molecule has 136 valence electrons. The maximum Gasteiger partial charge on any atom is 0.150 e. The molecule has 4 aromatic rings. The molecule has 0 spiro atoms. The van der Waals surface area contributed by atoms with Crippen LogP contribution in [0.4, 0.5) is 5.82 Å². The fraction of sp³-hybridized carbons (Fsp3) is 0.300. The molecular weight excluding hydrogens is 356 g/mol. The fourth-order valence-corrected chi connectivity index (χ4v) is 4.72. The predicted molar refractivity (Wildman–Crippen MR) is 107 cm³/mol. The summed E-state index contributed by atoms with van der Waals surface area (Å²) in [6.07, 6.45) is 11.6. The van der Waals surface area contributed by atoms with Gasteiger partial charge in [-0.3, -0.25) is 4.98 Å². The largest absolute Gasteiger partial charge is 0.355 e. The van der Waals surface area contributed by atoms with E-state index in [1.54, 1.807) is 17.7 Å². The van der Waals surface area contributed by atoms with Crippen molar-refractivity contribution in [2.24, 2.45) is 0 Å². The Morgan fingerprint density at radius 1 is 1.07 bits per heavy atom. The van der Waals surface area contributed by atoms with Gasteiger partial charge >= 0.3 is 0 Å². The average Bonchev–Trinajstić information content (AvgIpc) is 3.38. The highest BCUT2D eigenvalue weighted by molar-refractivity contribution is 7.17. The van der Waals surface area contributed by atoms with Gasteiger partial charge in [-0.2, -0.15) is 0 Å². The SMILES string of the molecule is c1cncc(Cn2ccnc2C2CCN(c3ncnc4ccsc34)CC2)c1. The molecule has 0 bridgehead atoms. The van der Waals surface area contributed by atoms with Crippen molar-refractivity contribution in [3.05, 3.63) is 66.1 Å². The van der Waals surface area contributed by atoms with E-state index < -0.39 is 0 Å². The second-order valence-electron chi connectivity index (χ2n) is 6.87. The van der Waals surface area contributed by atoms with Gasteiger partial charge in [0.05, 0.1) is 16.8 Å². The maximum absolute atomic E-state index is 4.68. The highest BCUT2D eigenvalue weighted by atomic mass is 32.1. The van der Waals surface area contributed by atoms with Crippen LogP contribution in [0.2, 0.25) is 0 Å². The molecule has 0 aromatic carbocycles. The van der Waals surface area contributed by atoms with E-state index in [0.717, 1.165) is 43.8 Å². The third-order valence-electron chi connectivity index (χ3n) is 5.21. The first-order valence-corrected chi connectivity index (χ1v) is 10.1. The number of imidazole rings is 1. The summed E-state index contributed by atoms with van der Waals surface area (Å²) < 4.78 is 3.45. The average molecular weight is 376 g/mol. The first-order valence-electron chi connectivity index (χ1n) is 9.21. The standard InChI is InChI=1S/C20H20N6S/c1-2-15(12-21-6-1)13-26-10-7-22-19(26)16-3-8-25(9-4-16)20-18-17(5-11-27-18)23-14-24-20/h1-2,5-7,10-12,14,16H,3-4,8-9,13H2. The van der Waals surface area contributed by atoms with E-state index in [4.69, 9.17) is 0 Å². The van der Waals surface area contributed by atoms with Crippen LogP contribution in [-0.4, -0.2) is 37.6 Å². The summed E-state index contributed by atoms with van der Waals surface area (Å²) >= 11 is 1.72. The van der Waals surface area contributed by atoms with Crippen LogP contribution in [0, 0.1) is 0 Å².